The summed E-state index contributed by atoms with van der Waals surface area (Å²) in [5, 5.41) is 0. The van der Waals surface area contributed by atoms with Crippen LogP contribution >= 0.6 is 15.9 Å². The molecule has 1 atom stereocenters. The molecule has 0 aliphatic carbocycles. The van der Waals surface area contributed by atoms with Crippen LogP contribution in [0.5, 0.6) is 0 Å². The zero-order valence-corrected chi connectivity index (χ0v) is 8.72. The summed E-state index contributed by atoms with van der Waals surface area (Å²) in [7, 11) is 0. The predicted octanol–water partition coefficient (Wildman–Crippen LogP) is 0.973. The molecule has 1 N–H and O–H groups in total. The Kier molecular flexibility index (Phi) is 3.58. The highest BCUT2D eigenvalue weighted by atomic mass is 79.9. The van der Waals surface area contributed by atoms with Crippen molar-refractivity contribution < 1.29 is 13.6 Å². The number of halogens is 1. The zero-order valence-electron chi connectivity index (χ0n) is 6.32. The first-order valence-corrected chi connectivity index (χ1v) is 5.12. The summed E-state index contributed by atoms with van der Waals surface area (Å²) >= 11 is 0.629. The molecule has 13 heavy (non-hydrogen) atoms. The van der Waals surface area contributed by atoms with Crippen molar-refractivity contribution in [2.24, 2.45) is 0 Å². The first-order valence-electron chi connectivity index (χ1n) is 3.25. The summed E-state index contributed by atoms with van der Waals surface area (Å²) in [6, 6.07) is 6.35. The van der Waals surface area contributed by atoms with E-state index in [4.69, 9.17) is 0 Å². The van der Waals surface area contributed by atoms with Gasteiger partial charge in [0, 0.05) is 21.3 Å². The van der Waals surface area contributed by atoms with Gasteiger partial charge in [0.1, 0.15) is 0 Å². The number of rotatable bonds is 2. The lowest BCUT2D eigenvalue weighted by atomic mass is 10.2. The lowest BCUT2D eigenvalue weighted by molar-refractivity contribution is 0.0980. The highest BCUT2D eigenvalue weighted by Crippen LogP contribution is 2.10. The van der Waals surface area contributed by atoms with Crippen molar-refractivity contribution in [3.05, 3.63) is 34.3 Å². The van der Waals surface area contributed by atoms with E-state index in [0.29, 0.717) is 5.56 Å². The lowest BCUT2D eigenvalue weighted by Gasteiger charge is -2.06. The highest BCUT2D eigenvalue weighted by Gasteiger charge is 2.03. The highest BCUT2D eigenvalue weighted by molar-refractivity contribution is 9.10. The monoisotopic (exact) mass is 262 g/mol. The summed E-state index contributed by atoms with van der Waals surface area (Å²) in [6.45, 7) is 0. The van der Waals surface area contributed by atoms with Crippen LogP contribution in [0.1, 0.15) is 10.4 Å². The molecule has 0 spiro atoms. The Morgan fingerprint density at radius 3 is 2.38 bits per heavy atom. The second-order valence-corrected chi connectivity index (χ2v) is 3.76. The van der Waals surface area contributed by atoms with Crippen LogP contribution < -0.4 is 4.72 Å². The van der Waals surface area contributed by atoms with Crippen LogP contribution in [0.25, 0.3) is 0 Å². The Labute approximate surface area is 85.9 Å². The summed E-state index contributed by atoms with van der Waals surface area (Å²) in [5.41, 5.74) is 0.299. The van der Waals surface area contributed by atoms with Gasteiger partial charge in [0.2, 0.25) is 0 Å². The van der Waals surface area contributed by atoms with Crippen LogP contribution in [0.15, 0.2) is 28.7 Å². The molecule has 4 nitrogen and oxygen atoms in total. The first kappa shape index (κ1) is 10.4. The maximum absolute atomic E-state index is 11.0. The topological polar surface area (TPSA) is 69.2 Å². The molecular formula is C7H5BrNO3S-. The molecule has 0 bridgehead atoms. The van der Waals surface area contributed by atoms with Crippen molar-refractivity contribution in [3.8, 4) is 0 Å². The minimum Gasteiger partial charge on any atom is -0.755 e. The van der Waals surface area contributed by atoms with Crippen molar-refractivity contribution in [1.29, 1.82) is 0 Å². The Bertz CT molecular complexity index is 338. The Morgan fingerprint density at radius 2 is 1.92 bits per heavy atom. The van der Waals surface area contributed by atoms with Gasteiger partial charge in [0.25, 0.3) is 5.91 Å². The summed E-state index contributed by atoms with van der Waals surface area (Å²) in [5.74, 6) is -0.638. The molecule has 6 heteroatoms. The minimum absolute atomic E-state index is 0.299. The molecule has 1 rings (SSSR count). The second-order valence-electron chi connectivity index (χ2n) is 2.17. The molecule has 0 aliphatic heterocycles. The van der Waals surface area contributed by atoms with Crippen molar-refractivity contribution in [2.75, 3.05) is 0 Å². The number of benzene rings is 1. The van der Waals surface area contributed by atoms with E-state index >= 15 is 0 Å². The predicted molar refractivity (Wildman–Crippen MR) is 50.5 cm³/mol. The number of nitrogens with one attached hydrogen (secondary N) is 1. The number of hydrogen-bond donors (Lipinski definition) is 1. The molecule has 0 aliphatic rings. The fraction of sp³-hybridized carbons (Fsp3) is 0. The van der Waals surface area contributed by atoms with E-state index in [2.05, 4.69) is 15.9 Å². The molecule has 1 unspecified atom stereocenters. The van der Waals surface area contributed by atoms with Gasteiger partial charge in [-0.15, -0.1) is 0 Å². The zero-order chi connectivity index (χ0) is 9.84. The van der Waals surface area contributed by atoms with Gasteiger partial charge in [-0.1, -0.05) is 15.9 Å². The average Bonchev–Trinajstić information content (AvgIpc) is 2.04. The molecule has 0 aromatic heterocycles. The van der Waals surface area contributed by atoms with E-state index in [0.717, 1.165) is 4.47 Å². The van der Waals surface area contributed by atoms with Gasteiger partial charge in [0.05, 0.1) is 0 Å². The number of amides is 1. The minimum atomic E-state index is -2.56. The van der Waals surface area contributed by atoms with Gasteiger partial charge in [-0.3, -0.25) is 13.7 Å². The number of carbonyl (C=O) groups excluding carboxylic acids is 1. The fourth-order valence-electron chi connectivity index (χ4n) is 0.736. The van der Waals surface area contributed by atoms with Gasteiger partial charge in [-0.05, 0) is 24.3 Å². The first-order chi connectivity index (χ1) is 6.09. The third-order valence-corrected chi connectivity index (χ3v) is 2.16. The van der Waals surface area contributed by atoms with Crippen molar-refractivity contribution in [2.45, 2.75) is 0 Å². The lowest BCUT2D eigenvalue weighted by Crippen LogP contribution is -2.24. The summed E-state index contributed by atoms with van der Waals surface area (Å²) < 4.78 is 22.8. The van der Waals surface area contributed by atoms with Crippen molar-refractivity contribution in [1.82, 2.24) is 4.72 Å². The molecule has 0 radical (unpaired) electrons. The Morgan fingerprint density at radius 1 is 1.38 bits per heavy atom. The maximum atomic E-state index is 11.0. The third kappa shape index (κ3) is 3.25. The normalized spacial score (nSPS) is 12.2. The number of carbonyl (C=O) groups is 1. The van der Waals surface area contributed by atoms with Crippen LogP contribution in [-0.4, -0.2) is 14.7 Å². The summed E-state index contributed by atoms with van der Waals surface area (Å²) in [6.07, 6.45) is 0. The quantitative estimate of drug-likeness (QED) is 0.808. The van der Waals surface area contributed by atoms with Gasteiger partial charge in [-0.2, -0.15) is 0 Å². The average molecular weight is 263 g/mol. The Hall–Kier alpha value is -0.720. The molecule has 0 saturated carbocycles. The van der Waals surface area contributed by atoms with Crippen LogP contribution in [0.3, 0.4) is 0 Å². The van der Waals surface area contributed by atoms with Crippen LogP contribution in [-0.2, 0) is 11.3 Å². The van der Waals surface area contributed by atoms with E-state index in [-0.39, 0.29) is 0 Å². The molecule has 1 aromatic rings. The molecule has 70 valence electrons. The maximum Gasteiger partial charge on any atom is 0.262 e. The van der Waals surface area contributed by atoms with Crippen LogP contribution in [0.2, 0.25) is 0 Å². The van der Waals surface area contributed by atoms with Gasteiger partial charge in [0.15, 0.2) is 0 Å². The van der Waals surface area contributed by atoms with Gasteiger partial charge < -0.3 is 4.55 Å². The van der Waals surface area contributed by atoms with E-state index < -0.39 is 17.2 Å². The molecular weight excluding hydrogens is 258 g/mol. The summed E-state index contributed by atoms with van der Waals surface area (Å²) in [4.78, 5) is 11.0. The largest absolute Gasteiger partial charge is 0.755 e. The smallest absolute Gasteiger partial charge is 0.262 e. The molecule has 0 saturated heterocycles. The molecule has 1 aromatic carbocycles. The molecule has 0 heterocycles. The van der Waals surface area contributed by atoms with E-state index in [9.17, 15) is 13.6 Å². The molecule has 0 fully saturated rings. The Balaban J connectivity index is 2.78. The van der Waals surface area contributed by atoms with Gasteiger partial charge >= 0.3 is 0 Å². The van der Waals surface area contributed by atoms with Crippen molar-refractivity contribution >= 4 is 33.1 Å². The molecule has 1 amide bonds. The van der Waals surface area contributed by atoms with E-state index in [1.165, 1.54) is 12.1 Å². The SMILES string of the molecule is O=C(NS(=O)[O-])c1ccc(Br)cc1. The van der Waals surface area contributed by atoms with Crippen molar-refractivity contribution in [3.63, 3.8) is 0 Å². The third-order valence-electron chi connectivity index (χ3n) is 1.28. The fourth-order valence-corrected chi connectivity index (χ4v) is 1.27. The van der Waals surface area contributed by atoms with E-state index in [1.807, 2.05) is 0 Å². The standard InChI is InChI=1S/C7H6BrNO3S/c8-6-3-1-5(2-4-6)7(10)9-13(11)12/h1-4H,(H,9,10)(H,11,12)/p-1. The van der Waals surface area contributed by atoms with E-state index in [1.54, 1.807) is 16.9 Å². The number of hydrogen-bond acceptors (Lipinski definition) is 3. The second kappa shape index (κ2) is 4.50. The van der Waals surface area contributed by atoms with Crippen LogP contribution in [0.4, 0.5) is 0 Å². The van der Waals surface area contributed by atoms with Gasteiger partial charge in [-0.25, -0.2) is 0 Å². The van der Waals surface area contributed by atoms with Crippen LogP contribution in [0, 0.1) is 0 Å².